The van der Waals surface area contributed by atoms with Gasteiger partial charge in [0.1, 0.15) is 5.75 Å². The molecule has 2 N–H and O–H groups in total. The van der Waals surface area contributed by atoms with Crippen molar-refractivity contribution in [3.63, 3.8) is 0 Å². The molecule has 1 aromatic rings. The van der Waals surface area contributed by atoms with Crippen LogP contribution in [-0.4, -0.2) is 21.1 Å². The summed E-state index contributed by atoms with van der Waals surface area (Å²) in [5.41, 5.74) is -0.186. The summed E-state index contributed by atoms with van der Waals surface area (Å²) in [7, 11) is 0. The monoisotopic (exact) mass is 323 g/mol. The lowest BCUT2D eigenvalue weighted by atomic mass is 10.1. The molecule has 6 nitrogen and oxygen atoms in total. The summed E-state index contributed by atoms with van der Waals surface area (Å²) in [6.07, 6.45) is -0.441. The maximum absolute atomic E-state index is 10.5. The van der Waals surface area contributed by atoms with E-state index in [-0.39, 0.29) is 20.6 Å². The van der Waals surface area contributed by atoms with Gasteiger partial charge in [-0.2, -0.15) is 0 Å². The van der Waals surface area contributed by atoms with E-state index in [0.717, 1.165) is 6.07 Å². The number of benzene rings is 1. The fourth-order valence-corrected chi connectivity index (χ4v) is 1.71. The van der Waals surface area contributed by atoms with E-state index in [4.69, 9.17) is 5.11 Å². The van der Waals surface area contributed by atoms with Crippen LogP contribution in [0, 0.1) is 13.7 Å². The van der Waals surface area contributed by atoms with E-state index in [1.54, 1.807) is 22.6 Å². The molecule has 80 valence electrons. The Hall–Kier alpha value is -1.38. The molecule has 0 unspecified atom stereocenters. The van der Waals surface area contributed by atoms with Crippen LogP contribution in [0.3, 0.4) is 0 Å². The first-order valence-electron chi connectivity index (χ1n) is 3.79. The number of nitro groups is 1. The molecule has 0 bridgehead atoms. The Morgan fingerprint density at radius 2 is 2.13 bits per heavy atom. The molecule has 0 aliphatic rings. The molecular formula is C8H6INO5. The molecule has 1 rings (SSSR count). The number of nitro benzene ring substituents is 1. The Morgan fingerprint density at radius 1 is 1.53 bits per heavy atom. The molecule has 15 heavy (non-hydrogen) atoms. The minimum absolute atomic E-state index is 0.0427. The van der Waals surface area contributed by atoms with Crippen LogP contribution in [0.4, 0.5) is 5.69 Å². The van der Waals surface area contributed by atoms with Gasteiger partial charge in [0.25, 0.3) is 5.69 Å². The van der Waals surface area contributed by atoms with Crippen molar-refractivity contribution in [2.75, 3.05) is 0 Å². The fraction of sp³-hybridized carbons (Fsp3) is 0.125. The van der Waals surface area contributed by atoms with Crippen LogP contribution in [0.25, 0.3) is 0 Å². The highest BCUT2D eigenvalue weighted by molar-refractivity contribution is 14.1. The van der Waals surface area contributed by atoms with Gasteiger partial charge >= 0.3 is 5.97 Å². The van der Waals surface area contributed by atoms with Crippen molar-refractivity contribution in [3.8, 4) is 5.75 Å². The SMILES string of the molecule is O=C(O)Cc1cc([N+](=O)[O-])cc(I)c1O. The number of phenols is 1. The minimum atomic E-state index is -1.15. The third-order valence-electron chi connectivity index (χ3n) is 1.68. The molecule has 0 aliphatic carbocycles. The number of aromatic hydroxyl groups is 1. The van der Waals surface area contributed by atoms with Crippen molar-refractivity contribution in [1.82, 2.24) is 0 Å². The van der Waals surface area contributed by atoms with Crippen molar-refractivity contribution < 1.29 is 19.9 Å². The van der Waals surface area contributed by atoms with Gasteiger partial charge in [-0.3, -0.25) is 14.9 Å². The Labute approximate surface area is 97.8 Å². The number of phenolic OH excluding ortho intramolecular Hbond substituents is 1. The second-order valence-corrected chi connectivity index (χ2v) is 3.93. The Morgan fingerprint density at radius 3 is 2.60 bits per heavy atom. The zero-order chi connectivity index (χ0) is 11.6. The molecule has 0 saturated carbocycles. The average Bonchev–Trinajstić information content (AvgIpc) is 2.11. The van der Waals surface area contributed by atoms with E-state index in [9.17, 15) is 20.0 Å². The van der Waals surface area contributed by atoms with E-state index in [1.165, 1.54) is 6.07 Å². The summed E-state index contributed by atoms with van der Waals surface area (Å²) in [6, 6.07) is 2.24. The van der Waals surface area contributed by atoms with Gasteiger partial charge in [0.15, 0.2) is 0 Å². The van der Waals surface area contributed by atoms with Crippen LogP contribution in [0.2, 0.25) is 0 Å². The largest absolute Gasteiger partial charge is 0.507 e. The molecule has 0 amide bonds. The lowest BCUT2D eigenvalue weighted by Gasteiger charge is -2.03. The zero-order valence-electron chi connectivity index (χ0n) is 7.31. The number of hydrogen-bond acceptors (Lipinski definition) is 4. The molecule has 7 heteroatoms. The highest BCUT2D eigenvalue weighted by Crippen LogP contribution is 2.29. The summed E-state index contributed by atoms with van der Waals surface area (Å²) >= 11 is 1.71. The lowest BCUT2D eigenvalue weighted by Crippen LogP contribution is -2.02. The maximum atomic E-state index is 10.5. The van der Waals surface area contributed by atoms with Crippen LogP contribution in [-0.2, 0) is 11.2 Å². The number of rotatable bonds is 3. The van der Waals surface area contributed by atoms with Crippen molar-refractivity contribution in [3.05, 3.63) is 31.4 Å². The number of carbonyl (C=O) groups is 1. The normalized spacial score (nSPS) is 9.93. The first-order valence-corrected chi connectivity index (χ1v) is 4.87. The molecule has 0 aliphatic heterocycles. The Bertz CT molecular complexity index is 431. The van der Waals surface area contributed by atoms with Gasteiger partial charge in [-0.05, 0) is 22.6 Å². The Balaban J connectivity index is 3.24. The third kappa shape index (κ3) is 2.78. The summed E-state index contributed by atoms with van der Waals surface area (Å²) in [5.74, 6) is -1.37. The standard InChI is InChI=1S/C8H6INO5/c9-6-3-5(10(14)15)1-4(8(6)13)2-7(11)12/h1,3,13H,2H2,(H,11,12). The van der Waals surface area contributed by atoms with E-state index < -0.39 is 17.3 Å². The average molecular weight is 323 g/mol. The lowest BCUT2D eigenvalue weighted by molar-refractivity contribution is -0.385. The van der Waals surface area contributed by atoms with Gasteiger partial charge in [0.05, 0.1) is 14.9 Å². The van der Waals surface area contributed by atoms with Gasteiger partial charge in [-0.1, -0.05) is 0 Å². The molecule has 0 fully saturated rings. The molecule has 0 heterocycles. The second kappa shape index (κ2) is 4.43. The molecule has 0 spiro atoms. The van der Waals surface area contributed by atoms with Gasteiger partial charge in [-0.15, -0.1) is 0 Å². The number of non-ortho nitro benzene ring substituents is 1. The van der Waals surface area contributed by atoms with Crippen LogP contribution < -0.4 is 0 Å². The smallest absolute Gasteiger partial charge is 0.307 e. The van der Waals surface area contributed by atoms with E-state index in [1.807, 2.05) is 0 Å². The van der Waals surface area contributed by atoms with Gasteiger partial charge in [0.2, 0.25) is 0 Å². The first kappa shape index (κ1) is 11.7. The molecule has 0 radical (unpaired) electrons. The first-order chi connectivity index (χ1) is 6.91. The van der Waals surface area contributed by atoms with Crippen LogP contribution in [0.5, 0.6) is 5.75 Å². The molecular weight excluding hydrogens is 317 g/mol. The summed E-state index contributed by atoms with van der Waals surface area (Å²) in [4.78, 5) is 20.3. The zero-order valence-corrected chi connectivity index (χ0v) is 9.46. The summed E-state index contributed by atoms with van der Waals surface area (Å²) in [6.45, 7) is 0. The highest BCUT2D eigenvalue weighted by atomic mass is 127. The van der Waals surface area contributed by atoms with E-state index in [2.05, 4.69) is 0 Å². The number of aliphatic carboxylic acids is 1. The number of carboxylic acid groups (broad SMARTS) is 1. The van der Waals surface area contributed by atoms with E-state index in [0.29, 0.717) is 0 Å². The molecule has 1 aromatic carbocycles. The number of nitrogens with zero attached hydrogens (tertiary/aromatic N) is 1. The fourth-order valence-electron chi connectivity index (χ4n) is 1.04. The van der Waals surface area contributed by atoms with Crippen molar-refractivity contribution in [2.45, 2.75) is 6.42 Å². The minimum Gasteiger partial charge on any atom is -0.507 e. The van der Waals surface area contributed by atoms with Gasteiger partial charge < -0.3 is 10.2 Å². The highest BCUT2D eigenvalue weighted by Gasteiger charge is 2.16. The maximum Gasteiger partial charge on any atom is 0.307 e. The number of carboxylic acids is 1. The topological polar surface area (TPSA) is 101 Å². The van der Waals surface area contributed by atoms with Gasteiger partial charge in [-0.25, -0.2) is 0 Å². The van der Waals surface area contributed by atoms with Crippen LogP contribution in [0.1, 0.15) is 5.56 Å². The quantitative estimate of drug-likeness (QED) is 0.499. The summed E-state index contributed by atoms with van der Waals surface area (Å²) < 4.78 is 0.262. The summed E-state index contributed by atoms with van der Waals surface area (Å²) in [5, 5.41) is 28.5. The third-order valence-corrected chi connectivity index (χ3v) is 2.50. The van der Waals surface area contributed by atoms with Crippen LogP contribution in [0.15, 0.2) is 12.1 Å². The Kier molecular flexibility index (Phi) is 3.45. The predicted molar refractivity (Wildman–Crippen MR) is 58.8 cm³/mol. The van der Waals surface area contributed by atoms with Gasteiger partial charge in [0, 0.05) is 17.7 Å². The number of halogens is 1. The molecule has 0 saturated heterocycles. The number of hydrogen-bond donors (Lipinski definition) is 2. The molecule has 0 atom stereocenters. The molecule has 0 aromatic heterocycles. The van der Waals surface area contributed by atoms with Crippen molar-refractivity contribution in [2.24, 2.45) is 0 Å². The van der Waals surface area contributed by atoms with Crippen LogP contribution >= 0.6 is 22.6 Å². The van der Waals surface area contributed by atoms with E-state index >= 15 is 0 Å². The van der Waals surface area contributed by atoms with Crippen molar-refractivity contribution >= 4 is 34.2 Å². The van der Waals surface area contributed by atoms with Crippen molar-refractivity contribution in [1.29, 1.82) is 0 Å². The predicted octanol–water partition coefficient (Wildman–Crippen LogP) is 1.53. The second-order valence-electron chi connectivity index (χ2n) is 2.76.